The second-order valence-electron chi connectivity index (χ2n) is 5.15. The Kier molecular flexibility index (Phi) is 5.26. The summed E-state index contributed by atoms with van der Waals surface area (Å²) >= 11 is 0. The molecule has 20 heavy (non-hydrogen) atoms. The third kappa shape index (κ3) is 3.88. The predicted octanol–water partition coefficient (Wildman–Crippen LogP) is 2.03. The Labute approximate surface area is 120 Å². The highest BCUT2D eigenvalue weighted by Gasteiger charge is 2.13. The molecule has 0 radical (unpaired) electrons. The molecule has 0 amide bonds. The quantitative estimate of drug-likeness (QED) is 0.839. The average molecular weight is 274 g/mol. The van der Waals surface area contributed by atoms with Crippen molar-refractivity contribution in [3.63, 3.8) is 0 Å². The summed E-state index contributed by atoms with van der Waals surface area (Å²) in [6.07, 6.45) is 1.80. The van der Waals surface area contributed by atoms with Gasteiger partial charge >= 0.3 is 0 Å². The van der Waals surface area contributed by atoms with Crippen molar-refractivity contribution in [1.29, 1.82) is 0 Å². The van der Waals surface area contributed by atoms with Gasteiger partial charge in [-0.2, -0.15) is 15.0 Å². The lowest BCUT2D eigenvalue weighted by Crippen LogP contribution is -2.37. The summed E-state index contributed by atoms with van der Waals surface area (Å²) in [6.45, 7) is 5.75. The second-order valence-corrected chi connectivity index (χ2v) is 5.15. The van der Waals surface area contributed by atoms with Gasteiger partial charge in [-0.05, 0) is 18.1 Å². The number of hydrogen-bond acceptors (Lipinski definition) is 4. The molecular weight excluding hydrogens is 252 g/mol. The number of methoxy groups -OCH3 is 1. The zero-order valence-electron chi connectivity index (χ0n) is 12.3. The van der Waals surface area contributed by atoms with Gasteiger partial charge in [-0.15, -0.1) is 0 Å². The fourth-order valence-electron chi connectivity index (χ4n) is 1.96. The van der Waals surface area contributed by atoms with Gasteiger partial charge in [0.05, 0.1) is 24.2 Å². The van der Waals surface area contributed by atoms with Crippen LogP contribution in [-0.2, 0) is 11.3 Å². The van der Waals surface area contributed by atoms with Crippen LogP contribution in [0.25, 0.3) is 5.69 Å². The van der Waals surface area contributed by atoms with Gasteiger partial charge in [0.2, 0.25) is 0 Å². The van der Waals surface area contributed by atoms with E-state index < -0.39 is 0 Å². The summed E-state index contributed by atoms with van der Waals surface area (Å²) in [5, 5.41) is 12.2. The van der Waals surface area contributed by atoms with Gasteiger partial charge in [-0.1, -0.05) is 32.0 Å². The minimum Gasteiger partial charge on any atom is -0.383 e. The molecule has 2 rings (SSSR count). The van der Waals surface area contributed by atoms with Crippen LogP contribution in [0, 0.1) is 5.92 Å². The fraction of sp³-hybridized carbons (Fsp3) is 0.467. The van der Waals surface area contributed by atoms with Crippen molar-refractivity contribution in [2.45, 2.75) is 26.4 Å². The van der Waals surface area contributed by atoms with E-state index in [-0.39, 0.29) is 0 Å². The van der Waals surface area contributed by atoms with Gasteiger partial charge in [0.25, 0.3) is 0 Å². The highest BCUT2D eigenvalue weighted by Crippen LogP contribution is 2.06. The Hall–Kier alpha value is -1.72. The smallest absolute Gasteiger partial charge is 0.0969 e. The van der Waals surface area contributed by atoms with Crippen LogP contribution in [0.4, 0.5) is 0 Å². The first-order chi connectivity index (χ1) is 9.70. The van der Waals surface area contributed by atoms with Gasteiger partial charge in [0.1, 0.15) is 0 Å². The molecule has 2 aromatic rings. The summed E-state index contributed by atoms with van der Waals surface area (Å²) in [6, 6.07) is 10.2. The van der Waals surface area contributed by atoms with E-state index in [2.05, 4.69) is 29.4 Å². The zero-order chi connectivity index (χ0) is 14.4. The van der Waals surface area contributed by atoms with Gasteiger partial charge < -0.3 is 10.1 Å². The number of benzene rings is 1. The molecule has 1 atom stereocenters. The Bertz CT molecular complexity index is 510. The van der Waals surface area contributed by atoms with Gasteiger partial charge in [0.15, 0.2) is 0 Å². The van der Waals surface area contributed by atoms with E-state index in [0.717, 1.165) is 11.4 Å². The molecule has 0 saturated carbocycles. The largest absolute Gasteiger partial charge is 0.383 e. The maximum absolute atomic E-state index is 5.22. The van der Waals surface area contributed by atoms with E-state index in [9.17, 15) is 0 Å². The first kappa shape index (κ1) is 14.7. The van der Waals surface area contributed by atoms with E-state index in [1.165, 1.54) is 0 Å². The predicted molar refractivity (Wildman–Crippen MR) is 78.7 cm³/mol. The number of para-hydroxylation sites is 1. The molecule has 5 heteroatoms. The monoisotopic (exact) mass is 274 g/mol. The summed E-state index contributed by atoms with van der Waals surface area (Å²) in [4.78, 5) is 1.65. The van der Waals surface area contributed by atoms with E-state index in [1.807, 2.05) is 30.3 Å². The molecule has 0 bridgehead atoms. The highest BCUT2D eigenvalue weighted by molar-refractivity contribution is 5.28. The van der Waals surface area contributed by atoms with E-state index >= 15 is 0 Å². The van der Waals surface area contributed by atoms with Gasteiger partial charge in [-0.3, -0.25) is 0 Å². The van der Waals surface area contributed by atoms with Crippen molar-refractivity contribution in [2.24, 2.45) is 5.92 Å². The minimum atomic E-state index is 0.321. The van der Waals surface area contributed by atoms with Crippen LogP contribution in [0.3, 0.4) is 0 Å². The lowest BCUT2D eigenvalue weighted by atomic mass is 10.1. The molecule has 0 aliphatic heterocycles. The first-order valence-electron chi connectivity index (χ1n) is 6.89. The number of aromatic nitrogens is 3. The molecule has 0 aliphatic rings. The normalized spacial score (nSPS) is 12.8. The number of hydrogen-bond donors (Lipinski definition) is 1. The maximum Gasteiger partial charge on any atom is 0.0969 e. The Morgan fingerprint density at radius 2 is 2.00 bits per heavy atom. The molecule has 0 aliphatic carbocycles. The molecule has 1 unspecified atom stereocenters. The Morgan fingerprint density at radius 1 is 1.25 bits per heavy atom. The standard InChI is InChI=1S/C15H22N4O/c1-12(2)15(11-20-3)16-9-13-10-17-19(18-13)14-7-5-4-6-8-14/h4-8,10,12,15-16H,9,11H2,1-3H3. The molecule has 0 saturated heterocycles. The third-order valence-electron chi connectivity index (χ3n) is 3.22. The van der Waals surface area contributed by atoms with Crippen molar-refractivity contribution >= 4 is 0 Å². The van der Waals surface area contributed by atoms with Crippen LogP contribution in [-0.4, -0.2) is 34.8 Å². The Morgan fingerprint density at radius 3 is 2.65 bits per heavy atom. The van der Waals surface area contributed by atoms with Gasteiger partial charge in [0, 0.05) is 19.7 Å². The Balaban J connectivity index is 1.96. The summed E-state index contributed by atoms with van der Waals surface area (Å²) in [5.74, 6) is 0.513. The summed E-state index contributed by atoms with van der Waals surface area (Å²) < 4.78 is 5.22. The van der Waals surface area contributed by atoms with Crippen molar-refractivity contribution in [1.82, 2.24) is 20.3 Å². The zero-order valence-corrected chi connectivity index (χ0v) is 12.3. The molecule has 1 aromatic heterocycles. The van der Waals surface area contributed by atoms with Gasteiger partial charge in [-0.25, -0.2) is 0 Å². The lowest BCUT2D eigenvalue weighted by molar-refractivity contribution is 0.146. The molecule has 108 valence electrons. The lowest BCUT2D eigenvalue weighted by Gasteiger charge is -2.20. The minimum absolute atomic E-state index is 0.321. The van der Waals surface area contributed by atoms with Crippen LogP contribution in [0.2, 0.25) is 0 Å². The highest BCUT2D eigenvalue weighted by atomic mass is 16.5. The van der Waals surface area contributed by atoms with E-state index in [1.54, 1.807) is 18.1 Å². The van der Waals surface area contributed by atoms with E-state index in [4.69, 9.17) is 4.74 Å². The van der Waals surface area contributed by atoms with Crippen LogP contribution in [0.15, 0.2) is 36.5 Å². The SMILES string of the molecule is COCC(NCc1cnn(-c2ccccc2)n1)C(C)C. The summed E-state index contributed by atoms with van der Waals surface area (Å²) in [7, 11) is 1.72. The van der Waals surface area contributed by atoms with Crippen molar-refractivity contribution in [3.05, 3.63) is 42.2 Å². The molecule has 5 nitrogen and oxygen atoms in total. The van der Waals surface area contributed by atoms with Crippen molar-refractivity contribution in [2.75, 3.05) is 13.7 Å². The average Bonchev–Trinajstić information content (AvgIpc) is 2.93. The van der Waals surface area contributed by atoms with Crippen molar-refractivity contribution < 1.29 is 4.74 Å². The molecule has 1 N–H and O–H groups in total. The third-order valence-corrected chi connectivity index (χ3v) is 3.22. The maximum atomic E-state index is 5.22. The molecular formula is C15H22N4O. The molecule has 0 spiro atoms. The van der Waals surface area contributed by atoms with E-state index in [0.29, 0.717) is 25.1 Å². The molecule has 1 aromatic carbocycles. The van der Waals surface area contributed by atoms with Crippen LogP contribution in [0.1, 0.15) is 19.5 Å². The second kappa shape index (κ2) is 7.17. The van der Waals surface area contributed by atoms with Crippen LogP contribution >= 0.6 is 0 Å². The number of nitrogens with zero attached hydrogens (tertiary/aromatic N) is 3. The van der Waals surface area contributed by atoms with Crippen molar-refractivity contribution in [3.8, 4) is 5.69 Å². The molecule has 0 fully saturated rings. The summed E-state index contributed by atoms with van der Waals surface area (Å²) in [5.41, 5.74) is 1.90. The number of rotatable bonds is 7. The molecule has 1 heterocycles. The fourth-order valence-corrected chi connectivity index (χ4v) is 1.96. The van der Waals surface area contributed by atoms with Crippen LogP contribution < -0.4 is 5.32 Å². The topological polar surface area (TPSA) is 52.0 Å². The number of nitrogens with one attached hydrogen (secondary N) is 1. The van der Waals surface area contributed by atoms with Crippen LogP contribution in [0.5, 0.6) is 0 Å². The number of ether oxygens (including phenoxy) is 1. The first-order valence-corrected chi connectivity index (χ1v) is 6.89.